The Morgan fingerprint density at radius 3 is 2.70 bits per heavy atom. The number of pyridine rings is 1. The number of halogens is 1. The van der Waals surface area contributed by atoms with Crippen LogP contribution in [0.5, 0.6) is 0 Å². The molecule has 0 aliphatic carbocycles. The van der Waals surface area contributed by atoms with Gasteiger partial charge in [-0.2, -0.15) is 5.10 Å². The maximum atomic E-state index is 14.1. The van der Waals surface area contributed by atoms with Crippen LogP contribution < -0.4 is 5.32 Å². The van der Waals surface area contributed by atoms with Crippen LogP contribution in [0.3, 0.4) is 0 Å². The van der Waals surface area contributed by atoms with Crippen molar-refractivity contribution in [3.63, 3.8) is 0 Å². The molecule has 30 heavy (non-hydrogen) atoms. The number of amides is 2. The number of aromatic nitrogens is 3. The molecule has 2 amide bonds. The van der Waals surface area contributed by atoms with Crippen molar-refractivity contribution in [2.24, 2.45) is 7.05 Å². The summed E-state index contributed by atoms with van der Waals surface area (Å²) in [4.78, 5) is 31.1. The number of anilines is 1. The molecule has 0 saturated carbocycles. The summed E-state index contributed by atoms with van der Waals surface area (Å²) in [5.41, 5.74) is 2.97. The maximum Gasteiger partial charge on any atom is 0.254 e. The molecule has 154 valence electrons. The topological polar surface area (TPSA) is 80.1 Å². The second kappa shape index (κ2) is 8.06. The van der Waals surface area contributed by atoms with Gasteiger partial charge in [0.15, 0.2) is 0 Å². The van der Waals surface area contributed by atoms with Crippen LogP contribution in [0.4, 0.5) is 10.1 Å². The van der Waals surface area contributed by atoms with Crippen LogP contribution in [0.15, 0.2) is 48.8 Å². The van der Waals surface area contributed by atoms with Crippen molar-refractivity contribution < 1.29 is 14.0 Å². The van der Waals surface area contributed by atoms with E-state index in [0.717, 1.165) is 17.0 Å². The Morgan fingerprint density at radius 2 is 2.03 bits per heavy atom. The molecule has 1 saturated heterocycles. The molecule has 1 aromatic carbocycles. The quantitative estimate of drug-likeness (QED) is 0.705. The molecule has 0 radical (unpaired) electrons. The van der Waals surface area contributed by atoms with Gasteiger partial charge in [0.05, 0.1) is 12.1 Å². The van der Waals surface area contributed by atoms with Crippen LogP contribution in [0.25, 0.3) is 0 Å². The summed E-state index contributed by atoms with van der Waals surface area (Å²) >= 11 is 0. The van der Waals surface area contributed by atoms with E-state index in [1.807, 2.05) is 25.1 Å². The molecular formula is C22H22FN5O2. The van der Waals surface area contributed by atoms with Gasteiger partial charge >= 0.3 is 0 Å². The van der Waals surface area contributed by atoms with Crippen molar-refractivity contribution in [2.75, 3.05) is 18.4 Å². The van der Waals surface area contributed by atoms with Crippen LogP contribution in [0, 0.1) is 12.7 Å². The second-order valence-corrected chi connectivity index (χ2v) is 7.53. The molecule has 0 bridgehead atoms. The number of carbonyl (C=O) groups is 2. The lowest BCUT2D eigenvalue weighted by atomic mass is 9.94. The molecule has 0 spiro atoms. The zero-order chi connectivity index (χ0) is 21.3. The van der Waals surface area contributed by atoms with Crippen molar-refractivity contribution >= 4 is 17.5 Å². The first-order valence-corrected chi connectivity index (χ1v) is 9.69. The molecule has 1 fully saturated rings. The van der Waals surface area contributed by atoms with Crippen LogP contribution >= 0.6 is 0 Å². The van der Waals surface area contributed by atoms with Crippen LogP contribution in [0.2, 0.25) is 0 Å². The van der Waals surface area contributed by atoms with Gasteiger partial charge in [-0.05, 0) is 37.3 Å². The number of hydrogen-bond acceptors (Lipinski definition) is 4. The molecular weight excluding hydrogens is 385 g/mol. The Balaban J connectivity index is 1.41. The highest BCUT2D eigenvalue weighted by atomic mass is 19.1. The van der Waals surface area contributed by atoms with Gasteiger partial charge in [-0.3, -0.25) is 19.3 Å². The molecule has 3 heterocycles. The zero-order valence-corrected chi connectivity index (χ0v) is 16.8. The first-order valence-electron chi connectivity index (χ1n) is 9.69. The van der Waals surface area contributed by atoms with Gasteiger partial charge in [0.25, 0.3) is 5.91 Å². The van der Waals surface area contributed by atoms with E-state index in [4.69, 9.17) is 0 Å². The number of rotatable bonds is 5. The number of benzene rings is 1. The van der Waals surface area contributed by atoms with Gasteiger partial charge in [0.1, 0.15) is 5.82 Å². The van der Waals surface area contributed by atoms with E-state index in [-0.39, 0.29) is 35.4 Å². The molecule has 1 N–H and O–H groups in total. The third kappa shape index (κ3) is 4.22. The number of aryl methyl sites for hydroxylation is 2. The van der Waals surface area contributed by atoms with Gasteiger partial charge in [0.2, 0.25) is 5.91 Å². The molecule has 2 aromatic heterocycles. The SMILES string of the molecule is Cc1nn(C)cc1CC(=O)Nc1cc(F)cc(C(=O)N2CC(c3ccccn3)C2)c1. The highest BCUT2D eigenvalue weighted by molar-refractivity contribution is 5.98. The summed E-state index contributed by atoms with van der Waals surface area (Å²) in [5, 5.41) is 6.88. The van der Waals surface area contributed by atoms with Crippen molar-refractivity contribution in [1.82, 2.24) is 19.7 Å². The van der Waals surface area contributed by atoms with E-state index in [1.54, 1.807) is 29.0 Å². The molecule has 3 aromatic rings. The number of nitrogens with zero attached hydrogens (tertiary/aromatic N) is 4. The van der Waals surface area contributed by atoms with E-state index in [1.165, 1.54) is 18.2 Å². The summed E-state index contributed by atoms with van der Waals surface area (Å²) in [5.74, 6) is -0.948. The number of nitrogens with one attached hydrogen (secondary N) is 1. The molecule has 0 atom stereocenters. The van der Waals surface area contributed by atoms with E-state index in [0.29, 0.717) is 13.1 Å². The summed E-state index contributed by atoms with van der Waals surface area (Å²) in [6.07, 6.45) is 3.63. The summed E-state index contributed by atoms with van der Waals surface area (Å²) < 4.78 is 15.8. The minimum Gasteiger partial charge on any atom is -0.337 e. The van der Waals surface area contributed by atoms with Gasteiger partial charge < -0.3 is 10.2 Å². The first kappa shape index (κ1) is 19.8. The fraction of sp³-hybridized carbons (Fsp3) is 0.273. The van der Waals surface area contributed by atoms with Crippen molar-refractivity contribution in [3.05, 3.63) is 77.1 Å². The van der Waals surface area contributed by atoms with E-state index in [9.17, 15) is 14.0 Å². The summed E-state index contributed by atoms with van der Waals surface area (Å²) in [7, 11) is 1.78. The Kier molecular flexibility index (Phi) is 5.31. The molecule has 8 heteroatoms. The summed E-state index contributed by atoms with van der Waals surface area (Å²) in [6.45, 7) is 2.90. The average molecular weight is 407 g/mol. The van der Waals surface area contributed by atoms with E-state index < -0.39 is 5.82 Å². The largest absolute Gasteiger partial charge is 0.337 e. The van der Waals surface area contributed by atoms with Crippen LogP contribution in [0.1, 0.15) is 33.2 Å². The van der Waals surface area contributed by atoms with Crippen LogP contribution in [-0.4, -0.2) is 44.6 Å². The third-order valence-electron chi connectivity index (χ3n) is 5.17. The maximum absolute atomic E-state index is 14.1. The van der Waals surface area contributed by atoms with Crippen molar-refractivity contribution in [1.29, 1.82) is 0 Å². The van der Waals surface area contributed by atoms with Crippen molar-refractivity contribution in [3.8, 4) is 0 Å². The van der Waals surface area contributed by atoms with Gasteiger partial charge in [0, 0.05) is 61.0 Å². The van der Waals surface area contributed by atoms with Crippen molar-refractivity contribution in [2.45, 2.75) is 19.3 Å². The zero-order valence-electron chi connectivity index (χ0n) is 16.8. The fourth-order valence-electron chi connectivity index (χ4n) is 3.62. The van der Waals surface area contributed by atoms with Crippen LogP contribution in [-0.2, 0) is 18.3 Å². The van der Waals surface area contributed by atoms with Gasteiger partial charge in [-0.25, -0.2) is 4.39 Å². The smallest absolute Gasteiger partial charge is 0.254 e. The molecule has 0 unspecified atom stereocenters. The minimum atomic E-state index is -0.574. The monoisotopic (exact) mass is 407 g/mol. The van der Waals surface area contributed by atoms with E-state index in [2.05, 4.69) is 15.4 Å². The molecule has 4 rings (SSSR count). The molecule has 1 aliphatic heterocycles. The predicted octanol–water partition coefficient (Wildman–Crippen LogP) is 2.68. The Bertz CT molecular complexity index is 1090. The molecule has 1 aliphatic rings. The number of carbonyl (C=O) groups excluding carboxylic acids is 2. The Hall–Kier alpha value is -3.55. The summed E-state index contributed by atoms with van der Waals surface area (Å²) in [6, 6.07) is 9.61. The highest BCUT2D eigenvalue weighted by Crippen LogP contribution is 2.27. The second-order valence-electron chi connectivity index (χ2n) is 7.53. The average Bonchev–Trinajstić information content (AvgIpc) is 2.97. The Labute approximate surface area is 173 Å². The van der Waals surface area contributed by atoms with Gasteiger partial charge in [-0.15, -0.1) is 0 Å². The normalized spacial score (nSPS) is 13.8. The third-order valence-corrected chi connectivity index (χ3v) is 5.17. The lowest BCUT2D eigenvalue weighted by Gasteiger charge is -2.39. The standard InChI is InChI=1S/C22H22FN5O2/c1-14-16(11-27(2)26-14)9-21(29)25-19-8-15(7-18(23)10-19)22(30)28-12-17(13-28)20-5-3-4-6-24-20/h3-8,10-11,17H,9,12-13H2,1-2H3,(H,25,29). The highest BCUT2D eigenvalue weighted by Gasteiger charge is 2.33. The lowest BCUT2D eigenvalue weighted by Crippen LogP contribution is -2.48. The predicted molar refractivity (Wildman–Crippen MR) is 110 cm³/mol. The van der Waals surface area contributed by atoms with E-state index >= 15 is 0 Å². The Morgan fingerprint density at radius 1 is 1.23 bits per heavy atom. The lowest BCUT2D eigenvalue weighted by molar-refractivity contribution is -0.115. The fourth-order valence-corrected chi connectivity index (χ4v) is 3.62. The molecule has 7 nitrogen and oxygen atoms in total. The first-order chi connectivity index (χ1) is 14.4. The number of hydrogen-bond donors (Lipinski definition) is 1. The van der Waals surface area contributed by atoms with Gasteiger partial charge in [-0.1, -0.05) is 6.07 Å². The number of likely N-dealkylation sites (tertiary alicyclic amines) is 1. The minimum absolute atomic E-state index is 0.122.